The van der Waals surface area contributed by atoms with Gasteiger partial charge >= 0.3 is 0 Å². The van der Waals surface area contributed by atoms with Crippen LogP contribution in [0.25, 0.3) is 0 Å². The molecule has 0 amide bonds. The highest BCUT2D eigenvalue weighted by molar-refractivity contribution is 5.26. The van der Waals surface area contributed by atoms with E-state index in [2.05, 4.69) is 4.98 Å². The van der Waals surface area contributed by atoms with Crippen molar-refractivity contribution in [2.75, 3.05) is 0 Å². The van der Waals surface area contributed by atoms with Gasteiger partial charge in [-0.3, -0.25) is 4.98 Å². The number of nitrogens with zero attached hydrogens (tertiary/aromatic N) is 2. The quantitative estimate of drug-likeness (QED) is 0.834. The topological polar surface area (TPSA) is 62.7 Å². The summed E-state index contributed by atoms with van der Waals surface area (Å²) in [5, 5.41) is 8.36. The smallest absolute Gasteiger partial charge is 0.266 e. The minimum absolute atomic E-state index is 0.0710. The number of nitrogens with two attached hydrogens (primary N) is 1. The van der Waals surface area contributed by atoms with E-state index in [1.807, 2.05) is 0 Å². The number of alkyl halides is 2. The monoisotopic (exact) mass is 215 g/mol. The summed E-state index contributed by atoms with van der Waals surface area (Å²) >= 11 is 0. The highest BCUT2D eigenvalue weighted by Crippen LogP contribution is 2.24. The Balaban J connectivity index is 3.28. The number of halogens is 3. The lowest BCUT2D eigenvalue weighted by Gasteiger charge is -2.07. The largest absolute Gasteiger partial charge is 0.325 e. The molecule has 0 aliphatic carbocycles. The Morgan fingerprint density at radius 3 is 2.67 bits per heavy atom. The van der Waals surface area contributed by atoms with Crippen molar-refractivity contribution in [2.45, 2.75) is 19.4 Å². The van der Waals surface area contributed by atoms with E-state index in [9.17, 15) is 13.2 Å². The number of hydrogen-bond donors (Lipinski definition) is 1. The van der Waals surface area contributed by atoms with Crippen LogP contribution in [0.1, 0.15) is 23.4 Å². The number of nitriles is 1. The maximum atomic E-state index is 13.3. The molecule has 2 N–H and O–H groups in total. The van der Waals surface area contributed by atoms with E-state index in [1.165, 1.54) is 0 Å². The van der Waals surface area contributed by atoms with Crippen LogP contribution in [0.4, 0.5) is 13.2 Å². The van der Waals surface area contributed by atoms with Crippen molar-refractivity contribution >= 4 is 0 Å². The summed E-state index contributed by atoms with van der Waals surface area (Å²) in [4.78, 5) is 3.67. The summed E-state index contributed by atoms with van der Waals surface area (Å²) in [6.07, 6.45) is -3.28. The third-order valence-corrected chi connectivity index (χ3v) is 1.80. The molecule has 1 aromatic rings. The van der Waals surface area contributed by atoms with Gasteiger partial charge < -0.3 is 5.73 Å². The molecule has 0 fully saturated rings. The number of rotatable bonds is 3. The molecule has 0 aromatic carbocycles. The van der Waals surface area contributed by atoms with Gasteiger partial charge in [-0.2, -0.15) is 5.26 Å². The second-order valence-corrected chi connectivity index (χ2v) is 2.80. The zero-order chi connectivity index (χ0) is 11.4. The van der Waals surface area contributed by atoms with E-state index in [1.54, 1.807) is 6.07 Å². The van der Waals surface area contributed by atoms with Crippen LogP contribution in [-0.2, 0) is 13.0 Å². The van der Waals surface area contributed by atoms with Crippen molar-refractivity contribution in [1.82, 2.24) is 4.98 Å². The van der Waals surface area contributed by atoms with Gasteiger partial charge in [0.1, 0.15) is 0 Å². The molecule has 0 saturated heterocycles. The highest BCUT2D eigenvalue weighted by Gasteiger charge is 2.18. The van der Waals surface area contributed by atoms with Crippen LogP contribution in [0.5, 0.6) is 0 Å². The third kappa shape index (κ3) is 2.44. The lowest BCUT2D eigenvalue weighted by atomic mass is 10.1. The zero-order valence-corrected chi connectivity index (χ0v) is 7.67. The first-order chi connectivity index (χ1) is 7.10. The van der Waals surface area contributed by atoms with Crippen molar-refractivity contribution in [3.8, 4) is 6.07 Å². The Hall–Kier alpha value is -1.61. The molecule has 0 spiro atoms. The second kappa shape index (κ2) is 4.75. The summed E-state index contributed by atoms with van der Waals surface area (Å²) < 4.78 is 38.0. The third-order valence-electron chi connectivity index (χ3n) is 1.80. The van der Waals surface area contributed by atoms with Crippen LogP contribution < -0.4 is 5.73 Å². The lowest BCUT2D eigenvalue weighted by Crippen LogP contribution is -2.07. The van der Waals surface area contributed by atoms with Crippen LogP contribution in [-0.4, -0.2) is 4.98 Å². The lowest BCUT2D eigenvalue weighted by molar-refractivity contribution is 0.145. The van der Waals surface area contributed by atoms with Crippen molar-refractivity contribution < 1.29 is 13.2 Å². The van der Waals surface area contributed by atoms with Gasteiger partial charge in [0.25, 0.3) is 6.43 Å². The number of aromatic nitrogens is 1. The molecule has 1 aromatic heterocycles. The fourth-order valence-corrected chi connectivity index (χ4v) is 1.12. The normalized spacial score (nSPS) is 10.4. The summed E-state index contributed by atoms with van der Waals surface area (Å²) in [6, 6.07) is 2.57. The van der Waals surface area contributed by atoms with Gasteiger partial charge in [-0.15, -0.1) is 0 Å². The number of hydrogen-bond acceptors (Lipinski definition) is 3. The SMILES string of the molecule is N#CCc1nc(CN)cc(C(F)F)c1F. The molecule has 1 rings (SSSR count). The van der Waals surface area contributed by atoms with Crippen LogP contribution >= 0.6 is 0 Å². The van der Waals surface area contributed by atoms with E-state index < -0.39 is 17.8 Å². The molecule has 0 bridgehead atoms. The molecule has 0 atom stereocenters. The molecule has 6 heteroatoms. The summed E-state index contributed by atoms with van der Waals surface area (Å²) in [5.41, 5.74) is 4.34. The Labute approximate surface area is 84.3 Å². The number of pyridine rings is 1. The predicted octanol–water partition coefficient (Wildman–Crippen LogP) is 1.68. The molecule has 0 radical (unpaired) electrons. The summed E-state index contributed by atoms with van der Waals surface area (Å²) in [5.74, 6) is -1.12. The van der Waals surface area contributed by atoms with Gasteiger partial charge in [0, 0.05) is 6.54 Å². The van der Waals surface area contributed by atoms with Gasteiger partial charge in [-0.25, -0.2) is 13.2 Å². The van der Waals surface area contributed by atoms with E-state index in [0.29, 0.717) is 0 Å². The van der Waals surface area contributed by atoms with Crippen molar-refractivity contribution in [3.63, 3.8) is 0 Å². The van der Waals surface area contributed by atoms with Crippen molar-refractivity contribution in [2.24, 2.45) is 5.73 Å². The summed E-state index contributed by atoms with van der Waals surface area (Å²) in [6.45, 7) is -0.0710. The molecule has 80 valence electrons. The van der Waals surface area contributed by atoms with Gasteiger partial charge in [0.2, 0.25) is 0 Å². The fraction of sp³-hybridized carbons (Fsp3) is 0.333. The van der Waals surface area contributed by atoms with Crippen molar-refractivity contribution in [1.29, 1.82) is 5.26 Å². The first kappa shape index (κ1) is 11.5. The molecule has 15 heavy (non-hydrogen) atoms. The Morgan fingerprint density at radius 1 is 1.53 bits per heavy atom. The van der Waals surface area contributed by atoms with Crippen LogP contribution in [0.2, 0.25) is 0 Å². The molecule has 1 heterocycles. The maximum absolute atomic E-state index is 13.3. The van der Waals surface area contributed by atoms with E-state index in [-0.39, 0.29) is 24.4 Å². The molecule has 0 aliphatic heterocycles. The molecule has 0 saturated carbocycles. The van der Waals surface area contributed by atoms with E-state index >= 15 is 0 Å². The Kier molecular flexibility index (Phi) is 3.63. The molecule has 3 nitrogen and oxygen atoms in total. The molecular weight excluding hydrogens is 207 g/mol. The van der Waals surface area contributed by atoms with Gasteiger partial charge in [0.15, 0.2) is 5.82 Å². The van der Waals surface area contributed by atoms with E-state index in [0.717, 1.165) is 6.07 Å². The van der Waals surface area contributed by atoms with Crippen LogP contribution in [0, 0.1) is 17.1 Å². The van der Waals surface area contributed by atoms with Crippen molar-refractivity contribution in [3.05, 3.63) is 28.8 Å². The zero-order valence-electron chi connectivity index (χ0n) is 7.67. The summed E-state index contributed by atoms with van der Waals surface area (Å²) in [7, 11) is 0. The maximum Gasteiger partial charge on any atom is 0.266 e. The molecular formula is C9H8F3N3. The Morgan fingerprint density at radius 2 is 2.20 bits per heavy atom. The van der Waals surface area contributed by atoms with Gasteiger partial charge in [-0.05, 0) is 6.07 Å². The Bertz CT molecular complexity index is 398. The van der Waals surface area contributed by atoms with Crippen LogP contribution in [0.3, 0.4) is 0 Å². The first-order valence-electron chi connectivity index (χ1n) is 4.13. The van der Waals surface area contributed by atoms with Crippen LogP contribution in [0.15, 0.2) is 6.07 Å². The highest BCUT2D eigenvalue weighted by atomic mass is 19.3. The van der Waals surface area contributed by atoms with E-state index in [4.69, 9.17) is 11.0 Å². The predicted molar refractivity (Wildman–Crippen MR) is 46.4 cm³/mol. The average molecular weight is 215 g/mol. The molecule has 0 aliphatic rings. The first-order valence-corrected chi connectivity index (χ1v) is 4.13. The molecule has 0 unspecified atom stereocenters. The fourth-order valence-electron chi connectivity index (χ4n) is 1.12. The minimum atomic E-state index is -2.93. The van der Waals surface area contributed by atoms with Gasteiger partial charge in [0.05, 0.1) is 29.4 Å². The second-order valence-electron chi connectivity index (χ2n) is 2.80. The van der Waals surface area contributed by atoms with Gasteiger partial charge in [-0.1, -0.05) is 0 Å². The average Bonchev–Trinajstić information content (AvgIpc) is 2.21. The minimum Gasteiger partial charge on any atom is -0.325 e. The standard InChI is InChI=1S/C9H8F3N3/c10-8-6(9(11)12)3-5(4-14)15-7(8)1-2-13/h3,9H,1,4,14H2.